The standard InChI is InChI=1S/C22H26N2O2/c1-3-17-7-9-18(10-8-17)15-21-22(25)24(13-5-4-12-23)19-14-16(2)6-11-20(19)26-21/h6-11,14-15H,3-5,12-13,23H2,1-2H3/b21-15+. The molecular formula is C22H26N2O2. The third kappa shape index (κ3) is 3.97. The van der Waals surface area contributed by atoms with Gasteiger partial charge in [-0.1, -0.05) is 37.3 Å². The van der Waals surface area contributed by atoms with Crippen LogP contribution in [0.2, 0.25) is 0 Å². The number of nitrogens with two attached hydrogens (primary N) is 1. The highest BCUT2D eigenvalue weighted by Gasteiger charge is 2.30. The Morgan fingerprint density at radius 3 is 2.58 bits per heavy atom. The van der Waals surface area contributed by atoms with Crippen LogP contribution in [0.5, 0.6) is 5.75 Å². The normalized spacial score (nSPS) is 15.1. The van der Waals surface area contributed by atoms with Gasteiger partial charge in [0.05, 0.1) is 5.69 Å². The van der Waals surface area contributed by atoms with Gasteiger partial charge >= 0.3 is 0 Å². The van der Waals surface area contributed by atoms with Gasteiger partial charge in [0.25, 0.3) is 5.91 Å². The quantitative estimate of drug-likeness (QED) is 0.631. The lowest BCUT2D eigenvalue weighted by molar-refractivity contribution is -0.117. The van der Waals surface area contributed by atoms with Crippen molar-refractivity contribution in [2.45, 2.75) is 33.1 Å². The van der Waals surface area contributed by atoms with E-state index in [9.17, 15) is 4.79 Å². The van der Waals surface area contributed by atoms with E-state index in [1.165, 1.54) is 5.56 Å². The van der Waals surface area contributed by atoms with E-state index in [1.807, 2.05) is 48.2 Å². The van der Waals surface area contributed by atoms with Crippen LogP contribution in [0.3, 0.4) is 0 Å². The lowest BCUT2D eigenvalue weighted by Crippen LogP contribution is -2.38. The largest absolute Gasteiger partial charge is 0.449 e. The third-order valence-electron chi connectivity index (χ3n) is 4.60. The highest BCUT2D eigenvalue weighted by atomic mass is 16.5. The summed E-state index contributed by atoms with van der Waals surface area (Å²) in [4.78, 5) is 14.8. The van der Waals surface area contributed by atoms with Crippen LogP contribution >= 0.6 is 0 Å². The van der Waals surface area contributed by atoms with Crippen molar-refractivity contribution in [1.29, 1.82) is 0 Å². The number of aryl methyl sites for hydroxylation is 2. The lowest BCUT2D eigenvalue weighted by Gasteiger charge is -2.31. The number of nitrogens with zero attached hydrogens (tertiary/aromatic N) is 1. The Hall–Kier alpha value is -2.59. The SMILES string of the molecule is CCc1ccc(/C=C2/Oc3ccc(C)cc3N(CCCCN)C2=O)cc1. The van der Waals surface area contributed by atoms with E-state index in [0.717, 1.165) is 41.8 Å². The minimum atomic E-state index is -0.0975. The molecule has 1 amide bonds. The van der Waals surface area contributed by atoms with Gasteiger partial charge in [0.15, 0.2) is 11.5 Å². The highest BCUT2D eigenvalue weighted by Crippen LogP contribution is 2.36. The maximum atomic E-state index is 13.0. The number of anilines is 1. The first-order valence-electron chi connectivity index (χ1n) is 9.23. The van der Waals surface area contributed by atoms with Gasteiger partial charge in [-0.05, 0) is 67.6 Å². The summed E-state index contributed by atoms with van der Waals surface area (Å²) in [5.41, 5.74) is 9.78. The number of hydrogen-bond donors (Lipinski definition) is 1. The van der Waals surface area contributed by atoms with Gasteiger partial charge in [0.1, 0.15) is 0 Å². The van der Waals surface area contributed by atoms with E-state index in [1.54, 1.807) is 0 Å². The topological polar surface area (TPSA) is 55.6 Å². The number of hydrogen-bond acceptors (Lipinski definition) is 3. The average Bonchev–Trinajstić information content (AvgIpc) is 2.65. The van der Waals surface area contributed by atoms with E-state index >= 15 is 0 Å². The van der Waals surface area contributed by atoms with Crippen LogP contribution in [0.15, 0.2) is 48.2 Å². The maximum absolute atomic E-state index is 13.0. The summed E-state index contributed by atoms with van der Waals surface area (Å²) in [5.74, 6) is 0.984. The molecule has 0 aromatic heterocycles. The molecule has 0 atom stereocenters. The van der Waals surface area contributed by atoms with Gasteiger partial charge in [0.2, 0.25) is 0 Å². The predicted octanol–water partition coefficient (Wildman–Crippen LogP) is 4.06. The zero-order valence-corrected chi connectivity index (χ0v) is 15.5. The molecule has 3 rings (SSSR count). The second-order valence-corrected chi connectivity index (χ2v) is 6.63. The number of carbonyl (C=O) groups is 1. The van der Waals surface area contributed by atoms with Crippen LogP contribution in [0.25, 0.3) is 6.08 Å². The van der Waals surface area contributed by atoms with Gasteiger partial charge in [-0.25, -0.2) is 0 Å². The molecule has 1 aliphatic heterocycles. The van der Waals surface area contributed by atoms with Gasteiger partial charge < -0.3 is 15.4 Å². The Bertz CT molecular complexity index is 809. The Labute approximate surface area is 155 Å². The molecule has 0 aliphatic carbocycles. The fourth-order valence-corrected chi connectivity index (χ4v) is 3.06. The molecule has 0 fully saturated rings. The van der Waals surface area contributed by atoms with E-state index in [-0.39, 0.29) is 5.91 Å². The Morgan fingerprint density at radius 2 is 1.88 bits per heavy atom. The summed E-state index contributed by atoms with van der Waals surface area (Å²) in [6, 6.07) is 14.1. The molecule has 2 aromatic rings. The van der Waals surface area contributed by atoms with E-state index in [2.05, 4.69) is 19.1 Å². The molecular weight excluding hydrogens is 324 g/mol. The second kappa shape index (κ2) is 8.19. The second-order valence-electron chi connectivity index (χ2n) is 6.63. The predicted molar refractivity (Wildman–Crippen MR) is 106 cm³/mol. The van der Waals surface area contributed by atoms with Crippen LogP contribution in [0.4, 0.5) is 5.69 Å². The number of rotatable bonds is 6. The number of ether oxygens (including phenoxy) is 1. The van der Waals surface area contributed by atoms with Crippen molar-refractivity contribution in [3.05, 3.63) is 64.9 Å². The summed E-state index contributed by atoms with van der Waals surface area (Å²) in [6.07, 6.45) is 4.58. The van der Waals surface area contributed by atoms with Crippen molar-refractivity contribution in [2.24, 2.45) is 5.73 Å². The molecule has 4 heteroatoms. The maximum Gasteiger partial charge on any atom is 0.294 e. The third-order valence-corrected chi connectivity index (χ3v) is 4.60. The van der Waals surface area contributed by atoms with Crippen molar-refractivity contribution in [2.75, 3.05) is 18.0 Å². The Morgan fingerprint density at radius 1 is 1.12 bits per heavy atom. The Balaban J connectivity index is 1.93. The van der Waals surface area contributed by atoms with Crippen LogP contribution in [0.1, 0.15) is 36.5 Å². The van der Waals surface area contributed by atoms with Gasteiger partial charge in [-0.15, -0.1) is 0 Å². The molecule has 0 bridgehead atoms. The number of amides is 1. The number of fused-ring (bicyclic) bond motifs is 1. The molecule has 0 unspecified atom stereocenters. The van der Waals surface area contributed by atoms with Crippen molar-refractivity contribution in [1.82, 2.24) is 0 Å². The molecule has 0 saturated carbocycles. The van der Waals surface area contributed by atoms with Gasteiger partial charge in [0, 0.05) is 6.54 Å². The monoisotopic (exact) mass is 350 g/mol. The van der Waals surface area contributed by atoms with E-state index in [0.29, 0.717) is 18.8 Å². The van der Waals surface area contributed by atoms with Crippen LogP contribution < -0.4 is 15.4 Å². The van der Waals surface area contributed by atoms with Crippen molar-refractivity contribution in [3.8, 4) is 5.75 Å². The first-order valence-corrected chi connectivity index (χ1v) is 9.23. The number of carbonyl (C=O) groups excluding carboxylic acids is 1. The highest BCUT2D eigenvalue weighted by molar-refractivity contribution is 6.09. The van der Waals surface area contributed by atoms with Gasteiger partial charge in [-0.2, -0.15) is 0 Å². The smallest absolute Gasteiger partial charge is 0.294 e. The molecule has 2 N–H and O–H groups in total. The molecule has 2 aromatic carbocycles. The summed E-state index contributed by atoms with van der Waals surface area (Å²) >= 11 is 0. The van der Waals surface area contributed by atoms with Crippen molar-refractivity contribution < 1.29 is 9.53 Å². The minimum Gasteiger partial charge on any atom is -0.449 e. The van der Waals surface area contributed by atoms with Crippen molar-refractivity contribution >= 4 is 17.7 Å². The van der Waals surface area contributed by atoms with Crippen LogP contribution in [-0.2, 0) is 11.2 Å². The van der Waals surface area contributed by atoms with Gasteiger partial charge in [-0.3, -0.25) is 4.79 Å². The minimum absolute atomic E-state index is 0.0975. The first kappa shape index (κ1) is 18.2. The van der Waals surface area contributed by atoms with E-state index in [4.69, 9.17) is 10.5 Å². The molecule has 4 nitrogen and oxygen atoms in total. The summed E-state index contributed by atoms with van der Waals surface area (Å²) < 4.78 is 5.94. The first-order chi connectivity index (χ1) is 12.6. The molecule has 0 saturated heterocycles. The fourth-order valence-electron chi connectivity index (χ4n) is 3.06. The van der Waals surface area contributed by atoms with Crippen LogP contribution in [-0.4, -0.2) is 19.0 Å². The molecule has 1 heterocycles. The fraction of sp³-hybridized carbons (Fsp3) is 0.318. The zero-order valence-electron chi connectivity index (χ0n) is 15.5. The molecule has 1 aliphatic rings. The van der Waals surface area contributed by atoms with E-state index < -0.39 is 0 Å². The molecule has 0 spiro atoms. The number of benzene rings is 2. The molecule has 0 radical (unpaired) electrons. The lowest BCUT2D eigenvalue weighted by atomic mass is 10.1. The Kier molecular flexibility index (Phi) is 5.74. The summed E-state index contributed by atoms with van der Waals surface area (Å²) in [6.45, 7) is 5.41. The number of unbranched alkanes of at least 4 members (excludes halogenated alkanes) is 1. The zero-order chi connectivity index (χ0) is 18.5. The molecule has 26 heavy (non-hydrogen) atoms. The summed E-state index contributed by atoms with van der Waals surface area (Å²) in [5, 5.41) is 0. The molecule has 136 valence electrons. The van der Waals surface area contributed by atoms with Crippen LogP contribution in [0, 0.1) is 6.92 Å². The summed E-state index contributed by atoms with van der Waals surface area (Å²) in [7, 11) is 0. The van der Waals surface area contributed by atoms with Crippen molar-refractivity contribution in [3.63, 3.8) is 0 Å². The average molecular weight is 350 g/mol.